The molecular weight excluding hydrogens is 293 g/mol. The first-order chi connectivity index (χ1) is 7.65. The van der Waals surface area contributed by atoms with Gasteiger partial charge in [0.05, 0.1) is 21.8 Å². The molecule has 0 spiro atoms. The zero-order valence-electron chi connectivity index (χ0n) is 8.46. The third-order valence-electron chi connectivity index (χ3n) is 2.52. The molecule has 0 saturated carbocycles. The van der Waals surface area contributed by atoms with E-state index in [1.54, 1.807) is 6.07 Å². The second kappa shape index (κ2) is 4.60. The summed E-state index contributed by atoms with van der Waals surface area (Å²) >= 11 is 3.33. The van der Waals surface area contributed by atoms with Crippen molar-refractivity contribution in [2.24, 2.45) is 0 Å². The fourth-order valence-electron chi connectivity index (χ4n) is 1.75. The van der Waals surface area contributed by atoms with Gasteiger partial charge in [-0.25, -0.2) is 4.79 Å². The minimum Gasteiger partial charge on any atom is -0.492 e. The van der Waals surface area contributed by atoms with Crippen LogP contribution in [0.3, 0.4) is 0 Å². The van der Waals surface area contributed by atoms with Crippen molar-refractivity contribution in [1.29, 1.82) is 0 Å². The van der Waals surface area contributed by atoms with Crippen LogP contribution in [0.4, 0.5) is 5.69 Å². The Morgan fingerprint density at radius 1 is 1.62 bits per heavy atom. The van der Waals surface area contributed by atoms with Gasteiger partial charge >= 0.3 is 5.97 Å². The number of hydrogen-bond donors (Lipinski definition) is 1. The molecule has 1 aliphatic heterocycles. The molecule has 1 unspecified atom stereocenters. The molecule has 0 aromatic heterocycles. The lowest BCUT2D eigenvalue weighted by Crippen LogP contribution is -2.15. The lowest BCUT2D eigenvalue weighted by atomic mass is 10.0. The summed E-state index contributed by atoms with van der Waals surface area (Å²) in [4.78, 5) is 11.6. The average molecular weight is 304 g/mol. The van der Waals surface area contributed by atoms with Crippen LogP contribution >= 0.6 is 25.4 Å². The molecule has 0 radical (unpaired) electrons. The van der Waals surface area contributed by atoms with E-state index in [2.05, 4.69) is 20.5 Å². The molecule has 0 fully saturated rings. The van der Waals surface area contributed by atoms with Crippen molar-refractivity contribution in [3.05, 3.63) is 21.7 Å². The molecule has 0 bridgehead atoms. The number of nitrogens with two attached hydrogens (primary N) is 1. The van der Waals surface area contributed by atoms with E-state index in [0.717, 1.165) is 18.4 Å². The van der Waals surface area contributed by atoms with Crippen molar-refractivity contribution in [1.82, 2.24) is 0 Å². The van der Waals surface area contributed by atoms with E-state index in [9.17, 15) is 4.79 Å². The summed E-state index contributed by atoms with van der Waals surface area (Å²) in [5, 5.41) is 0. The summed E-state index contributed by atoms with van der Waals surface area (Å²) in [5.74, 6) is 0.114. The van der Waals surface area contributed by atoms with Gasteiger partial charge in [0, 0.05) is 10.0 Å². The molecule has 6 heteroatoms. The Morgan fingerprint density at radius 3 is 3.06 bits per heavy atom. The van der Waals surface area contributed by atoms with Gasteiger partial charge in [-0.1, -0.05) is 0 Å². The molecule has 16 heavy (non-hydrogen) atoms. The third kappa shape index (κ3) is 1.89. The van der Waals surface area contributed by atoms with E-state index in [4.69, 9.17) is 10.5 Å². The number of nitrogen functional groups attached to an aromatic ring is 1. The first kappa shape index (κ1) is 11.7. The van der Waals surface area contributed by atoms with Gasteiger partial charge in [0.2, 0.25) is 0 Å². The third-order valence-corrected chi connectivity index (χ3v) is 3.39. The topological polar surface area (TPSA) is 61.6 Å². The summed E-state index contributed by atoms with van der Waals surface area (Å²) in [6.07, 6.45) is 1.72. The second-order valence-electron chi connectivity index (χ2n) is 3.48. The van der Waals surface area contributed by atoms with Gasteiger partial charge in [-0.2, -0.15) is 0 Å². The highest BCUT2D eigenvalue weighted by Crippen LogP contribution is 2.38. The standard InChI is InChI=1S/C10H11BrNO3P/c11-7-4-6(10(13)15-16)9-5(8(7)12)2-1-3-14-9/h4H,1-3,12,16H2. The Kier molecular flexibility index (Phi) is 3.36. The van der Waals surface area contributed by atoms with Crippen LogP contribution in [0.2, 0.25) is 0 Å². The highest BCUT2D eigenvalue weighted by Gasteiger charge is 2.23. The molecular formula is C10H11BrNO3P. The SMILES string of the molecule is Nc1c(Br)cc(C(=O)OP)c2c1CCCO2. The number of fused-ring (bicyclic) bond motifs is 1. The maximum atomic E-state index is 11.6. The highest BCUT2D eigenvalue weighted by atomic mass is 79.9. The number of benzene rings is 1. The smallest absolute Gasteiger partial charge is 0.344 e. The zero-order valence-corrected chi connectivity index (χ0v) is 11.2. The number of ether oxygens (including phenoxy) is 1. The lowest BCUT2D eigenvalue weighted by molar-refractivity contribution is 0.0760. The lowest BCUT2D eigenvalue weighted by Gasteiger charge is -2.21. The van der Waals surface area contributed by atoms with Crippen LogP contribution in [0, 0.1) is 0 Å². The highest BCUT2D eigenvalue weighted by molar-refractivity contribution is 9.10. The van der Waals surface area contributed by atoms with Gasteiger partial charge in [0.15, 0.2) is 0 Å². The summed E-state index contributed by atoms with van der Waals surface area (Å²) in [7, 11) is 1.94. The Hall–Kier alpha value is -0.800. The summed E-state index contributed by atoms with van der Waals surface area (Å²) in [6, 6.07) is 1.63. The molecule has 1 atom stereocenters. The van der Waals surface area contributed by atoms with Crippen LogP contribution in [-0.2, 0) is 10.9 Å². The summed E-state index contributed by atoms with van der Waals surface area (Å²) in [5.41, 5.74) is 7.85. The molecule has 4 nitrogen and oxygen atoms in total. The predicted molar refractivity (Wildman–Crippen MR) is 67.5 cm³/mol. The van der Waals surface area contributed by atoms with E-state index in [0.29, 0.717) is 28.1 Å². The summed E-state index contributed by atoms with van der Waals surface area (Å²) in [6.45, 7) is 0.602. The van der Waals surface area contributed by atoms with Gasteiger partial charge < -0.3 is 15.0 Å². The van der Waals surface area contributed by atoms with E-state index in [1.165, 1.54) is 0 Å². The minimum atomic E-state index is -0.441. The number of halogens is 1. The molecule has 0 amide bonds. The van der Waals surface area contributed by atoms with Gasteiger partial charge in [-0.05, 0) is 34.8 Å². The Balaban J connectivity index is 2.61. The second-order valence-corrected chi connectivity index (χ2v) is 4.57. The predicted octanol–water partition coefficient (Wildman–Crippen LogP) is 2.30. The van der Waals surface area contributed by atoms with Gasteiger partial charge in [-0.3, -0.25) is 0 Å². The van der Waals surface area contributed by atoms with Crippen molar-refractivity contribution in [2.75, 3.05) is 12.3 Å². The van der Waals surface area contributed by atoms with E-state index >= 15 is 0 Å². The zero-order chi connectivity index (χ0) is 11.7. The van der Waals surface area contributed by atoms with Crippen molar-refractivity contribution < 1.29 is 14.1 Å². The van der Waals surface area contributed by atoms with Crippen LogP contribution in [0.15, 0.2) is 10.5 Å². The van der Waals surface area contributed by atoms with Crippen LogP contribution in [0.1, 0.15) is 22.3 Å². The normalized spacial score (nSPS) is 13.9. The molecule has 1 aliphatic rings. The minimum absolute atomic E-state index is 0.408. The van der Waals surface area contributed by atoms with Crippen LogP contribution in [-0.4, -0.2) is 12.6 Å². The molecule has 1 heterocycles. The fraction of sp³-hybridized carbons (Fsp3) is 0.300. The quantitative estimate of drug-likeness (QED) is 0.639. The molecule has 1 aromatic rings. The van der Waals surface area contributed by atoms with Crippen molar-refractivity contribution in [3.63, 3.8) is 0 Å². The van der Waals surface area contributed by atoms with E-state index in [-0.39, 0.29) is 0 Å². The number of carbonyl (C=O) groups excluding carboxylic acids is 1. The van der Waals surface area contributed by atoms with Crippen LogP contribution in [0.25, 0.3) is 0 Å². The first-order valence-corrected chi connectivity index (χ1v) is 6.06. The van der Waals surface area contributed by atoms with Crippen LogP contribution < -0.4 is 10.5 Å². The van der Waals surface area contributed by atoms with Gasteiger partial charge in [0.1, 0.15) is 11.3 Å². The average Bonchev–Trinajstić information content (AvgIpc) is 2.33. The molecule has 1 aromatic carbocycles. The Labute approximate surface area is 104 Å². The molecule has 0 saturated heterocycles. The Bertz CT molecular complexity index is 450. The van der Waals surface area contributed by atoms with Crippen molar-refractivity contribution in [2.45, 2.75) is 12.8 Å². The van der Waals surface area contributed by atoms with Crippen molar-refractivity contribution in [3.8, 4) is 5.75 Å². The maximum Gasteiger partial charge on any atom is 0.344 e. The fourth-order valence-corrected chi connectivity index (χ4v) is 2.35. The summed E-state index contributed by atoms with van der Waals surface area (Å²) < 4.78 is 10.8. The van der Waals surface area contributed by atoms with Gasteiger partial charge in [-0.15, -0.1) is 0 Å². The number of anilines is 1. The number of hydrogen-bond acceptors (Lipinski definition) is 4. The van der Waals surface area contributed by atoms with E-state index in [1.807, 2.05) is 9.47 Å². The van der Waals surface area contributed by atoms with Crippen LogP contribution in [0.5, 0.6) is 5.75 Å². The van der Waals surface area contributed by atoms with Gasteiger partial charge in [0.25, 0.3) is 0 Å². The molecule has 2 N–H and O–H groups in total. The molecule has 2 rings (SSSR count). The Morgan fingerprint density at radius 2 is 2.38 bits per heavy atom. The number of carbonyl (C=O) groups is 1. The number of rotatable bonds is 1. The van der Waals surface area contributed by atoms with E-state index < -0.39 is 5.97 Å². The maximum absolute atomic E-state index is 11.6. The monoisotopic (exact) mass is 303 g/mol. The largest absolute Gasteiger partial charge is 0.492 e. The molecule has 86 valence electrons. The molecule has 0 aliphatic carbocycles. The van der Waals surface area contributed by atoms with Crippen molar-refractivity contribution >= 4 is 37.1 Å². The first-order valence-electron chi connectivity index (χ1n) is 4.80.